The van der Waals surface area contributed by atoms with E-state index in [9.17, 15) is 4.79 Å². The smallest absolute Gasteiger partial charge is 0.407 e. The number of hydrogen-bond acceptors (Lipinski definition) is 3. The van der Waals surface area contributed by atoms with Gasteiger partial charge in [-0.05, 0) is 40.0 Å². The minimum Gasteiger partial charge on any atom is -0.444 e. The first-order chi connectivity index (χ1) is 6.38. The fraction of sp³-hybridized carbons (Fsp3) is 0.900. The molecule has 2 atom stereocenters. The van der Waals surface area contributed by atoms with Gasteiger partial charge in [-0.1, -0.05) is 0 Å². The van der Waals surface area contributed by atoms with E-state index in [4.69, 9.17) is 10.5 Å². The Morgan fingerprint density at radius 1 is 1.43 bits per heavy atom. The number of alkyl carbamates (subject to hydrolysis) is 1. The van der Waals surface area contributed by atoms with Crippen molar-refractivity contribution in [2.24, 2.45) is 5.73 Å². The zero-order valence-corrected chi connectivity index (χ0v) is 9.17. The molecule has 3 N–H and O–H groups in total. The second-order valence-corrected chi connectivity index (χ2v) is 4.85. The third-order valence-corrected chi connectivity index (χ3v) is 2.27. The summed E-state index contributed by atoms with van der Waals surface area (Å²) in [7, 11) is 0. The van der Waals surface area contributed by atoms with Gasteiger partial charge in [-0.3, -0.25) is 0 Å². The molecule has 1 aliphatic rings. The average Bonchev–Trinajstić information content (AvgIpc) is 2.32. The van der Waals surface area contributed by atoms with Crippen LogP contribution >= 0.6 is 0 Å². The minimum absolute atomic E-state index is 0.0857. The second kappa shape index (κ2) is 4.17. The number of rotatable bonds is 1. The molecular formula is C10H20N2O2. The molecule has 1 rings (SSSR count). The molecule has 0 saturated heterocycles. The van der Waals surface area contributed by atoms with Crippen LogP contribution in [0.1, 0.15) is 40.0 Å². The Bertz CT molecular complexity index is 211. The van der Waals surface area contributed by atoms with Crippen molar-refractivity contribution in [3.8, 4) is 0 Å². The first kappa shape index (κ1) is 11.3. The van der Waals surface area contributed by atoms with Crippen molar-refractivity contribution in [1.82, 2.24) is 5.32 Å². The number of nitrogens with two attached hydrogens (primary N) is 1. The summed E-state index contributed by atoms with van der Waals surface area (Å²) in [4.78, 5) is 11.4. The molecule has 0 aliphatic heterocycles. The van der Waals surface area contributed by atoms with Crippen molar-refractivity contribution < 1.29 is 9.53 Å². The first-order valence-corrected chi connectivity index (χ1v) is 5.13. The quantitative estimate of drug-likeness (QED) is 0.672. The minimum atomic E-state index is -0.438. The summed E-state index contributed by atoms with van der Waals surface area (Å²) in [5.74, 6) is 0. The molecule has 0 aromatic rings. The van der Waals surface area contributed by atoms with Crippen molar-refractivity contribution in [1.29, 1.82) is 0 Å². The molecular weight excluding hydrogens is 180 g/mol. The van der Waals surface area contributed by atoms with Crippen LogP contribution in [0.25, 0.3) is 0 Å². The Labute approximate surface area is 85.2 Å². The first-order valence-electron chi connectivity index (χ1n) is 5.13. The van der Waals surface area contributed by atoms with E-state index in [-0.39, 0.29) is 18.2 Å². The highest BCUT2D eigenvalue weighted by Gasteiger charge is 2.27. The zero-order chi connectivity index (χ0) is 10.8. The highest BCUT2D eigenvalue weighted by atomic mass is 16.6. The summed E-state index contributed by atoms with van der Waals surface area (Å²) in [5, 5.41) is 2.80. The Hall–Kier alpha value is -0.770. The van der Waals surface area contributed by atoms with Crippen LogP contribution in [0, 0.1) is 0 Å². The van der Waals surface area contributed by atoms with Crippen LogP contribution in [0.2, 0.25) is 0 Å². The van der Waals surface area contributed by atoms with Gasteiger partial charge in [-0.2, -0.15) is 0 Å². The lowest BCUT2D eigenvalue weighted by Crippen LogP contribution is -2.45. The molecule has 0 spiro atoms. The lowest BCUT2D eigenvalue weighted by molar-refractivity contribution is 0.0501. The van der Waals surface area contributed by atoms with Crippen LogP contribution in [-0.4, -0.2) is 23.8 Å². The van der Waals surface area contributed by atoms with Gasteiger partial charge in [0.15, 0.2) is 0 Å². The normalized spacial score (nSPS) is 27.4. The molecule has 14 heavy (non-hydrogen) atoms. The summed E-state index contributed by atoms with van der Waals surface area (Å²) in [6.07, 6.45) is 2.67. The average molecular weight is 200 g/mol. The standard InChI is InChI=1S/C10H20N2O2/c1-10(2,3)14-9(13)12-8-6-4-5-7(8)11/h7-8H,4-6,11H2,1-3H3,(H,12,13)/t7?,8-/m1/s1. The Balaban J connectivity index is 2.33. The predicted molar refractivity (Wildman–Crippen MR) is 55.0 cm³/mol. The molecule has 1 aliphatic carbocycles. The largest absolute Gasteiger partial charge is 0.444 e. The van der Waals surface area contributed by atoms with E-state index in [2.05, 4.69) is 5.32 Å². The summed E-state index contributed by atoms with van der Waals surface area (Å²) < 4.78 is 5.14. The van der Waals surface area contributed by atoms with E-state index in [1.165, 1.54) is 0 Å². The highest BCUT2D eigenvalue weighted by molar-refractivity contribution is 5.68. The SMILES string of the molecule is CC(C)(C)OC(=O)N[C@@H]1CCCC1N. The maximum Gasteiger partial charge on any atom is 0.407 e. The molecule has 0 bridgehead atoms. The maximum absolute atomic E-state index is 11.4. The van der Waals surface area contributed by atoms with Gasteiger partial charge >= 0.3 is 6.09 Å². The number of nitrogens with one attached hydrogen (secondary N) is 1. The topological polar surface area (TPSA) is 64.3 Å². The van der Waals surface area contributed by atoms with Gasteiger partial charge in [-0.25, -0.2) is 4.79 Å². The van der Waals surface area contributed by atoms with E-state index < -0.39 is 5.60 Å². The Kier molecular flexibility index (Phi) is 3.37. The van der Waals surface area contributed by atoms with Gasteiger partial charge in [0.05, 0.1) is 0 Å². The molecule has 1 amide bonds. The van der Waals surface area contributed by atoms with Gasteiger partial charge in [-0.15, -0.1) is 0 Å². The second-order valence-electron chi connectivity index (χ2n) is 4.85. The monoisotopic (exact) mass is 200 g/mol. The van der Waals surface area contributed by atoms with Crippen molar-refractivity contribution >= 4 is 6.09 Å². The Morgan fingerprint density at radius 3 is 2.50 bits per heavy atom. The van der Waals surface area contributed by atoms with Gasteiger partial charge in [0.2, 0.25) is 0 Å². The predicted octanol–water partition coefficient (Wildman–Crippen LogP) is 1.39. The summed E-state index contributed by atoms with van der Waals surface area (Å²) in [6.45, 7) is 5.55. The molecule has 4 nitrogen and oxygen atoms in total. The maximum atomic E-state index is 11.4. The molecule has 82 valence electrons. The number of ether oxygens (including phenoxy) is 1. The molecule has 4 heteroatoms. The van der Waals surface area contributed by atoms with Crippen molar-refractivity contribution in [2.75, 3.05) is 0 Å². The van der Waals surface area contributed by atoms with Crippen molar-refractivity contribution in [3.05, 3.63) is 0 Å². The van der Waals surface area contributed by atoms with E-state index in [1.54, 1.807) is 0 Å². The van der Waals surface area contributed by atoms with E-state index in [0.717, 1.165) is 19.3 Å². The molecule has 0 aromatic carbocycles. The van der Waals surface area contributed by atoms with Crippen LogP contribution in [0.3, 0.4) is 0 Å². The third-order valence-electron chi connectivity index (χ3n) is 2.27. The van der Waals surface area contributed by atoms with Crippen LogP contribution in [0.5, 0.6) is 0 Å². The molecule has 0 radical (unpaired) electrons. The summed E-state index contributed by atoms with van der Waals surface area (Å²) in [6, 6.07) is 0.173. The van der Waals surface area contributed by atoms with Crippen molar-refractivity contribution in [2.45, 2.75) is 57.7 Å². The molecule has 1 unspecified atom stereocenters. The number of amides is 1. The van der Waals surface area contributed by atoms with Crippen LogP contribution in [-0.2, 0) is 4.74 Å². The lowest BCUT2D eigenvalue weighted by atomic mass is 10.2. The fourth-order valence-corrected chi connectivity index (χ4v) is 1.63. The van der Waals surface area contributed by atoms with Gasteiger partial charge < -0.3 is 15.8 Å². The lowest BCUT2D eigenvalue weighted by Gasteiger charge is -2.23. The summed E-state index contributed by atoms with van der Waals surface area (Å²) in [5.41, 5.74) is 5.38. The number of carbonyl (C=O) groups is 1. The third kappa shape index (κ3) is 3.54. The van der Waals surface area contributed by atoms with Gasteiger partial charge in [0, 0.05) is 12.1 Å². The molecule has 1 saturated carbocycles. The zero-order valence-electron chi connectivity index (χ0n) is 9.17. The highest BCUT2D eigenvalue weighted by Crippen LogP contribution is 2.17. The number of hydrogen-bond donors (Lipinski definition) is 2. The van der Waals surface area contributed by atoms with Crippen LogP contribution in [0.15, 0.2) is 0 Å². The van der Waals surface area contributed by atoms with E-state index in [1.807, 2.05) is 20.8 Å². The molecule has 1 fully saturated rings. The van der Waals surface area contributed by atoms with Crippen molar-refractivity contribution in [3.63, 3.8) is 0 Å². The molecule has 0 aromatic heterocycles. The number of carbonyl (C=O) groups excluding carboxylic acids is 1. The van der Waals surface area contributed by atoms with E-state index >= 15 is 0 Å². The summed E-state index contributed by atoms with van der Waals surface area (Å²) >= 11 is 0. The fourth-order valence-electron chi connectivity index (χ4n) is 1.63. The molecule has 0 heterocycles. The van der Waals surface area contributed by atoms with Crippen LogP contribution < -0.4 is 11.1 Å². The van der Waals surface area contributed by atoms with E-state index in [0.29, 0.717) is 0 Å². The van der Waals surface area contributed by atoms with Gasteiger partial charge in [0.25, 0.3) is 0 Å². The van der Waals surface area contributed by atoms with Crippen LogP contribution in [0.4, 0.5) is 4.79 Å². The van der Waals surface area contributed by atoms with Gasteiger partial charge in [0.1, 0.15) is 5.60 Å². The Morgan fingerprint density at radius 2 is 2.07 bits per heavy atom.